The van der Waals surface area contributed by atoms with E-state index in [-0.39, 0.29) is 11.8 Å². The van der Waals surface area contributed by atoms with Crippen molar-refractivity contribution in [2.24, 2.45) is 17.6 Å². The molecule has 1 unspecified atom stereocenters. The topological polar surface area (TPSA) is 83.8 Å². The van der Waals surface area contributed by atoms with Crippen LogP contribution in [-0.2, 0) is 11.3 Å². The van der Waals surface area contributed by atoms with E-state index in [2.05, 4.69) is 29.1 Å². The Kier molecular flexibility index (Phi) is 4.98. The lowest BCUT2D eigenvalue weighted by atomic mass is 9.96. The molecule has 0 radical (unpaired) electrons. The number of aromatic nitrogens is 2. The molecule has 4 N–H and O–H groups in total. The molecular formula is C11H20N4O. The third-order valence-electron chi connectivity index (χ3n) is 2.40. The van der Waals surface area contributed by atoms with Gasteiger partial charge in [0.05, 0.1) is 12.5 Å². The second-order valence-electron chi connectivity index (χ2n) is 4.32. The summed E-state index contributed by atoms with van der Waals surface area (Å²) in [4.78, 5) is 18.7. The van der Waals surface area contributed by atoms with Crippen LogP contribution in [-0.4, -0.2) is 22.4 Å². The Balaban J connectivity index is 2.37. The highest BCUT2D eigenvalue weighted by Gasteiger charge is 2.17. The molecule has 5 heteroatoms. The van der Waals surface area contributed by atoms with Crippen molar-refractivity contribution in [3.05, 3.63) is 18.2 Å². The Labute approximate surface area is 95.8 Å². The number of nitrogens with zero attached hydrogens (tertiary/aromatic N) is 1. The summed E-state index contributed by atoms with van der Waals surface area (Å²) in [6.07, 6.45) is 4.21. The van der Waals surface area contributed by atoms with Crippen LogP contribution < -0.4 is 11.1 Å². The lowest BCUT2D eigenvalue weighted by Gasteiger charge is -2.16. The second-order valence-corrected chi connectivity index (χ2v) is 4.32. The number of amides is 1. The quantitative estimate of drug-likeness (QED) is 0.663. The first kappa shape index (κ1) is 12.7. The van der Waals surface area contributed by atoms with Crippen LogP contribution in [0.25, 0.3) is 0 Å². The highest BCUT2D eigenvalue weighted by atomic mass is 16.1. The van der Waals surface area contributed by atoms with Crippen molar-refractivity contribution in [2.75, 3.05) is 6.54 Å². The van der Waals surface area contributed by atoms with Crippen molar-refractivity contribution in [3.8, 4) is 0 Å². The fourth-order valence-electron chi connectivity index (χ4n) is 1.59. The van der Waals surface area contributed by atoms with Crippen molar-refractivity contribution in [1.29, 1.82) is 0 Å². The molecule has 0 aliphatic rings. The van der Waals surface area contributed by atoms with E-state index >= 15 is 0 Å². The van der Waals surface area contributed by atoms with Crippen molar-refractivity contribution in [2.45, 2.75) is 26.8 Å². The summed E-state index contributed by atoms with van der Waals surface area (Å²) in [6.45, 7) is 4.99. The number of nitrogens with one attached hydrogen (secondary N) is 2. The van der Waals surface area contributed by atoms with E-state index in [1.807, 2.05) is 0 Å². The van der Waals surface area contributed by atoms with E-state index in [0.717, 1.165) is 12.2 Å². The Morgan fingerprint density at radius 1 is 1.62 bits per heavy atom. The molecule has 5 nitrogen and oxygen atoms in total. The van der Waals surface area contributed by atoms with Crippen LogP contribution in [0.5, 0.6) is 0 Å². The first-order valence-electron chi connectivity index (χ1n) is 5.59. The molecular weight excluding hydrogens is 204 g/mol. The lowest BCUT2D eigenvalue weighted by Crippen LogP contribution is -2.35. The second kappa shape index (κ2) is 6.27. The number of imidazole rings is 1. The van der Waals surface area contributed by atoms with E-state index in [1.54, 1.807) is 12.4 Å². The number of hydrogen-bond acceptors (Lipinski definition) is 3. The summed E-state index contributed by atoms with van der Waals surface area (Å²) in [5.74, 6) is 1.14. The molecule has 0 aromatic carbocycles. The zero-order chi connectivity index (χ0) is 12.0. The van der Waals surface area contributed by atoms with Crippen molar-refractivity contribution >= 4 is 5.91 Å². The molecule has 0 bridgehead atoms. The minimum absolute atomic E-state index is 0.00704. The van der Waals surface area contributed by atoms with Crippen LogP contribution in [0.15, 0.2) is 12.4 Å². The minimum atomic E-state index is -0.102. The van der Waals surface area contributed by atoms with Crippen molar-refractivity contribution in [1.82, 2.24) is 15.3 Å². The first-order valence-corrected chi connectivity index (χ1v) is 5.59. The fraction of sp³-hybridized carbons (Fsp3) is 0.636. The number of carbonyl (C=O) groups excluding carboxylic acids is 1. The van der Waals surface area contributed by atoms with Gasteiger partial charge in [0, 0.05) is 18.9 Å². The summed E-state index contributed by atoms with van der Waals surface area (Å²) >= 11 is 0. The van der Waals surface area contributed by atoms with Crippen LogP contribution >= 0.6 is 0 Å². The van der Waals surface area contributed by atoms with Gasteiger partial charge in [0.25, 0.3) is 0 Å². The molecule has 16 heavy (non-hydrogen) atoms. The normalized spacial score (nSPS) is 12.8. The minimum Gasteiger partial charge on any atom is -0.349 e. The first-order chi connectivity index (χ1) is 7.63. The van der Waals surface area contributed by atoms with Crippen LogP contribution in [0.2, 0.25) is 0 Å². The van der Waals surface area contributed by atoms with Gasteiger partial charge < -0.3 is 16.0 Å². The predicted octanol–water partition coefficient (Wildman–Crippen LogP) is 0.647. The Hall–Kier alpha value is -1.36. The molecule has 0 fully saturated rings. The Morgan fingerprint density at radius 3 is 2.88 bits per heavy atom. The molecule has 0 aliphatic heterocycles. The van der Waals surface area contributed by atoms with Gasteiger partial charge in [-0.25, -0.2) is 4.98 Å². The third kappa shape index (κ3) is 4.02. The van der Waals surface area contributed by atoms with E-state index in [9.17, 15) is 4.79 Å². The van der Waals surface area contributed by atoms with Gasteiger partial charge in [0.2, 0.25) is 5.91 Å². The number of hydrogen-bond donors (Lipinski definition) is 3. The molecule has 1 aromatic rings. The maximum Gasteiger partial charge on any atom is 0.224 e. The molecule has 1 atom stereocenters. The van der Waals surface area contributed by atoms with Gasteiger partial charge in [0.15, 0.2) is 0 Å². The average Bonchev–Trinajstić information content (AvgIpc) is 2.75. The number of H-pyrrole nitrogens is 1. The van der Waals surface area contributed by atoms with Crippen LogP contribution in [0.3, 0.4) is 0 Å². The van der Waals surface area contributed by atoms with Crippen LogP contribution in [0.1, 0.15) is 26.1 Å². The standard InChI is InChI=1S/C11H20N4O/c1-8(2)5-9(6-12)11(16)15-7-10-13-3-4-14-10/h3-4,8-9H,5-7,12H2,1-2H3,(H,13,14)(H,15,16). The molecule has 1 amide bonds. The summed E-state index contributed by atoms with van der Waals surface area (Å²) in [6, 6.07) is 0. The van der Waals surface area contributed by atoms with Gasteiger partial charge in [-0.3, -0.25) is 4.79 Å². The number of nitrogens with two attached hydrogens (primary N) is 1. The van der Waals surface area contributed by atoms with Crippen molar-refractivity contribution in [3.63, 3.8) is 0 Å². The molecule has 0 saturated heterocycles. The molecule has 1 aromatic heterocycles. The number of rotatable bonds is 6. The summed E-state index contributed by atoms with van der Waals surface area (Å²) < 4.78 is 0. The van der Waals surface area contributed by atoms with Gasteiger partial charge in [0.1, 0.15) is 5.82 Å². The molecule has 0 saturated carbocycles. The average molecular weight is 224 g/mol. The van der Waals surface area contributed by atoms with Gasteiger partial charge in [-0.1, -0.05) is 13.8 Å². The highest BCUT2D eigenvalue weighted by molar-refractivity contribution is 5.78. The van der Waals surface area contributed by atoms with Gasteiger partial charge in [-0.15, -0.1) is 0 Å². The summed E-state index contributed by atoms with van der Waals surface area (Å²) in [5, 5.41) is 2.83. The largest absolute Gasteiger partial charge is 0.349 e. The van der Waals surface area contributed by atoms with Crippen LogP contribution in [0, 0.1) is 11.8 Å². The van der Waals surface area contributed by atoms with E-state index in [1.165, 1.54) is 0 Å². The number of carbonyl (C=O) groups is 1. The molecule has 0 aliphatic carbocycles. The Bertz CT molecular complexity index is 308. The fourth-order valence-corrected chi connectivity index (χ4v) is 1.59. The van der Waals surface area contributed by atoms with E-state index < -0.39 is 0 Å². The SMILES string of the molecule is CC(C)CC(CN)C(=O)NCc1ncc[nH]1. The zero-order valence-electron chi connectivity index (χ0n) is 9.86. The monoisotopic (exact) mass is 224 g/mol. The smallest absolute Gasteiger partial charge is 0.224 e. The van der Waals surface area contributed by atoms with Gasteiger partial charge >= 0.3 is 0 Å². The lowest BCUT2D eigenvalue weighted by molar-refractivity contribution is -0.125. The highest BCUT2D eigenvalue weighted by Crippen LogP contribution is 2.10. The van der Waals surface area contributed by atoms with E-state index in [0.29, 0.717) is 19.0 Å². The summed E-state index contributed by atoms with van der Waals surface area (Å²) in [7, 11) is 0. The molecule has 0 spiro atoms. The molecule has 1 rings (SSSR count). The van der Waals surface area contributed by atoms with Crippen molar-refractivity contribution < 1.29 is 4.79 Å². The van der Waals surface area contributed by atoms with Crippen LogP contribution in [0.4, 0.5) is 0 Å². The Morgan fingerprint density at radius 2 is 2.38 bits per heavy atom. The summed E-state index contributed by atoms with van der Waals surface area (Å²) in [5.41, 5.74) is 5.59. The maximum absolute atomic E-state index is 11.8. The third-order valence-corrected chi connectivity index (χ3v) is 2.40. The molecule has 90 valence electrons. The zero-order valence-corrected chi connectivity index (χ0v) is 9.86. The van der Waals surface area contributed by atoms with E-state index in [4.69, 9.17) is 5.73 Å². The van der Waals surface area contributed by atoms with Gasteiger partial charge in [-0.05, 0) is 12.3 Å². The number of aromatic amines is 1. The van der Waals surface area contributed by atoms with Gasteiger partial charge in [-0.2, -0.15) is 0 Å². The molecule has 1 heterocycles. The predicted molar refractivity (Wildman–Crippen MR) is 62.4 cm³/mol. The maximum atomic E-state index is 11.8.